The molecule has 2 aromatic rings. The van der Waals surface area contributed by atoms with Crippen molar-refractivity contribution in [2.24, 2.45) is 5.73 Å². The molecule has 7 nitrogen and oxygen atoms in total. The summed E-state index contributed by atoms with van der Waals surface area (Å²) < 4.78 is 4.95. The Morgan fingerprint density at radius 1 is 1.38 bits per heavy atom. The van der Waals surface area contributed by atoms with Crippen LogP contribution in [-0.4, -0.2) is 48.1 Å². The number of nitrogens with two attached hydrogens (primary N) is 1. The Labute approximate surface area is 143 Å². The Balaban J connectivity index is 1.87. The molecule has 1 saturated heterocycles. The highest BCUT2D eigenvalue weighted by molar-refractivity contribution is 6.30. The molecule has 3 rings (SSSR count). The predicted molar refractivity (Wildman–Crippen MR) is 89.6 cm³/mol. The van der Waals surface area contributed by atoms with E-state index in [4.69, 9.17) is 22.1 Å². The minimum absolute atomic E-state index is 0.199. The largest absolute Gasteiger partial charge is 0.439 e. The number of nitrogens with one attached hydrogen (secondary N) is 1. The molecule has 1 aromatic carbocycles. The fraction of sp³-hybridized carbons (Fsp3) is 0.312. The highest BCUT2D eigenvalue weighted by Gasteiger charge is 2.29. The van der Waals surface area contributed by atoms with Gasteiger partial charge >= 0.3 is 6.09 Å². The first kappa shape index (κ1) is 16.5. The third-order valence-corrected chi connectivity index (χ3v) is 4.12. The van der Waals surface area contributed by atoms with Crippen molar-refractivity contribution < 1.29 is 14.3 Å². The van der Waals surface area contributed by atoms with Crippen LogP contribution >= 0.6 is 11.6 Å². The Bertz CT molecular complexity index is 783. The quantitative estimate of drug-likeness (QED) is 0.818. The Kier molecular flexibility index (Phi) is 4.82. The lowest BCUT2D eigenvalue weighted by Gasteiger charge is -2.35. The standard InChI is InChI=1S/C16H17ClN4O3/c17-14-6-12-5-10(1-2-11(12)7-20-14)13-8-19-3-4-21(13)16(23)24-9-15(18)22/h1-2,5-7,13,19H,3-4,8-9H2,(H2,18,22). The second kappa shape index (κ2) is 7.02. The number of benzene rings is 1. The van der Waals surface area contributed by atoms with E-state index in [9.17, 15) is 9.59 Å². The van der Waals surface area contributed by atoms with E-state index in [1.807, 2.05) is 18.2 Å². The summed E-state index contributed by atoms with van der Waals surface area (Å²) in [5, 5.41) is 5.59. The second-order valence-electron chi connectivity index (χ2n) is 5.55. The number of ether oxygens (including phenoxy) is 1. The van der Waals surface area contributed by atoms with E-state index in [0.29, 0.717) is 24.8 Å². The number of aromatic nitrogens is 1. The van der Waals surface area contributed by atoms with Gasteiger partial charge in [-0.15, -0.1) is 0 Å². The molecule has 1 aromatic heterocycles. The van der Waals surface area contributed by atoms with Crippen molar-refractivity contribution >= 4 is 34.4 Å². The maximum atomic E-state index is 12.2. The summed E-state index contributed by atoms with van der Waals surface area (Å²) in [4.78, 5) is 28.7. The zero-order chi connectivity index (χ0) is 17.1. The van der Waals surface area contributed by atoms with Gasteiger partial charge < -0.3 is 15.8 Å². The van der Waals surface area contributed by atoms with Crippen molar-refractivity contribution in [1.82, 2.24) is 15.2 Å². The highest BCUT2D eigenvalue weighted by atomic mass is 35.5. The number of hydrogen-bond donors (Lipinski definition) is 2. The van der Waals surface area contributed by atoms with Crippen LogP contribution in [0, 0.1) is 0 Å². The van der Waals surface area contributed by atoms with Crippen LogP contribution in [0.15, 0.2) is 30.5 Å². The second-order valence-corrected chi connectivity index (χ2v) is 5.94. The summed E-state index contributed by atoms with van der Waals surface area (Å²) >= 11 is 5.96. The molecule has 0 radical (unpaired) electrons. The van der Waals surface area contributed by atoms with Crippen LogP contribution in [0.4, 0.5) is 4.79 Å². The number of pyridine rings is 1. The lowest BCUT2D eigenvalue weighted by Crippen LogP contribution is -2.49. The predicted octanol–water partition coefficient (Wildman–Crippen LogP) is 1.46. The molecule has 24 heavy (non-hydrogen) atoms. The molecule has 1 aliphatic heterocycles. The molecule has 1 aliphatic rings. The van der Waals surface area contributed by atoms with Gasteiger partial charge in [-0.1, -0.05) is 23.7 Å². The van der Waals surface area contributed by atoms with Crippen LogP contribution in [0.1, 0.15) is 11.6 Å². The lowest BCUT2D eigenvalue weighted by molar-refractivity contribution is -0.121. The summed E-state index contributed by atoms with van der Waals surface area (Å²) in [5.74, 6) is -0.678. The summed E-state index contributed by atoms with van der Waals surface area (Å²) in [6.07, 6.45) is 1.16. The Morgan fingerprint density at radius 2 is 2.21 bits per heavy atom. The minimum atomic E-state index is -0.678. The van der Waals surface area contributed by atoms with Gasteiger partial charge in [0.2, 0.25) is 0 Å². The van der Waals surface area contributed by atoms with Gasteiger partial charge in [0.15, 0.2) is 6.61 Å². The average molecular weight is 349 g/mol. The normalized spacial score (nSPS) is 17.7. The number of piperazine rings is 1. The molecular weight excluding hydrogens is 332 g/mol. The average Bonchev–Trinajstić information content (AvgIpc) is 2.59. The molecule has 2 heterocycles. The molecule has 0 spiro atoms. The first-order chi connectivity index (χ1) is 11.5. The molecule has 0 bridgehead atoms. The van der Waals surface area contributed by atoms with Crippen molar-refractivity contribution in [2.75, 3.05) is 26.2 Å². The van der Waals surface area contributed by atoms with E-state index in [2.05, 4.69) is 10.3 Å². The van der Waals surface area contributed by atoms with Crippen molar-refractivity contribution in [3.05, 3.63) is 41.2 Å². The zero-order valence-corrected chi connectivity index (χ0v) is 13.6. The topological polar surface area (TPSA) is 97.6 Å². The fourth-order valence-electron chi connectivity index (χ4n) is 2.78. The van der Waals surface area contributed by atoms with Crippen LogP contribution < -0.4 is 11.1 Å². The lowest BCUT2D eigenvalue weighted by atomic mass is 10.0. The van der Waals surface area contributed by atoms with Gasteiger partial charge in [0, 0.05) is 31.2 Å². The number of halogens is 1. The van der Waals surface area contributed by atoms with Crippen molar-refractivity contribution in [1.29, 1.82) is 0 Å². The summed E-state index contributed by atoms with van der Waals surface area (Å²) in [6, 6.07) is 7.45. The smallest absolute Gasteiger partial charge is 0.410 e. The number of fused-ring (bicyclic) bond motifs is 1. The van der Waals surface area contributed by atoms with E-state index in [-0.39, 0.29) is 6.04 Å². The first-order valence-electron chi connectivity index (χ1n) is 7.52. The van der Waals surface area contributed by atoms with E-state index < -0.39 is 18.6 Å². The summed E-state index contributed by atoms with van der Waals surface area (Å²) in [6.45, 7) is 1.31. The van der Waals surface area contributed by atoms with Gasteiger partial charge in [-0.2, -0.15) is 0 Å². The third-order valence-electron chi connectivity index (χ3n) is 3.91. The van der Waals surface area contributed by atoms with Gasteiger partial charge in [0.25, 0.3) is 5.91 Å². The third kappa shape index (κ3) is 3.58. The van der Waals surface area contributed by atoms with Gasteiger partial charge in [-0.05, 0) is 23.1 Å². The molecule has 0 saturated carbocycles. The SMILES string of the molecule is NC(=O)COC(=O)N1CCNCC1c1ccc2cnc(Cl)cc2c1. The number of primary amides is 1. The fourth-order valence-corrected chi connectivity index (χ4v) is 2.94. The number of carbonyl (C=O) groups is 2. The maximum Gasteiger partial charge on any atom is 0.410 e. The van der Waals surface area contributed by atoms with Gasteiger partial charge in [-0.25, -0.2) is 9.78 Å². The maximum absolute atomic E-state index is 12.2. The Hall–Kier alpha value is -2.38. The van der Waals surface area contributed by atoms with Crippen LogP contribution in [0.2, 0.25) is 5.15 Å². The van der Waals surface area contributed by atoms with Crippen LogP contribution in [0.3, 0.4) is 0 Å². The summed E-state index contributed by atoms with van der Waals surface area (Å²) in [7, 11) is 0. The first-order valence-corrected chi connectivity index (χ1v) is 7.90. The number of carbonyl (C=O) groups excluding carboxylic acids is 2. The van der Waals surface area contributed by atoms with E-state index in [1.165, 1.54) is 0 Å². The number of hydrogen-bond acceptors (Lipinski definition) is 5. The highest BCUT2D eigenvalue weighted by Crippen LogP contribution is 2.27. The molecule has 2 amide bonds. The van der Waals surface area contributed by atoms with Crippen LogP contribution in [-0.2, 0) is 9.53 Å². The van der Waals surface area contributed by atoms with Crippen LogP contribution in [0.5, 0.6) is 0 Å². The number of rotatable bonds is 3. The molecule has 1 atom stereocenters. The van der Waals surface area contributed by atoms with Gasteiger partial charge in [0.05, 0.1) is 6.04 Å². The molecule has 1 unspecified atom stereocenters. The monoisotopic (exact) mass is 348 g/mol. The van der Waals surface area contributed by atoms with Gasteiger partial charge in [0.1, 0.15) is 5.15 Å². The van der Waals surface area contributed by atoms with E-state index in [0.717, 1.165) is 16.3 Å². The van der Waals surface area contributed by atoms with E-state index in [1.54, 1.807) is 17.2 Å². The van der Waals surface area contributed by atoms with Crippen molar-refractivity contribution in [3.8, 4) is 0 Å². The molecule has 1 fully saturated rings. The van der Waals surface area contributed by atoms with Crippen LogP contribution in [0.25, 0.3) is 10.8 Å². The zero-order valence-electron chi connectivity index (χ0n) is 12.9. The van der Waals surface area contributed by atoms with E-state index >= 15 is 0 Å². The molecular formula is C16H17ClN4O3. The molecule has 3 N–H and O–H groups in total. The number of amides is 2. The summed E-state index contributed by atoms with van der Waals surface area (Å²) in [5.41, 5.74) is 5.98. The van der Waals surface area contributed by atoms with Gasteiger partial charge in [-0.3, -0.25) is 9.69 Å². The minimum Gasteiger partial charge on any atom is -0.439 e. The molecule has 8 heteroatoms. The Morgan fingerprint density at radius 3 is 3.00 bits per heavy atom. The molecule has 0 aliphatic carbocycles. The van der Waals surface area contributed by atoms with Crippen molar-refractivity contribution in [2.45, 2.75) is 6.04 Å². The molecule has 126 valence electrons. The number of nitrogens with zero attached hydrogens (tertiary/aromatic N) is 2. The van der Waals surface area contributed by atoms with Crippen molar-refractivity contribution in [3.63, 3.8) is 0 Å².